The molecule has 4 N–H and O–H groups in total. The zero-order chi connectivity index (χ0) is 24.9. The lowest BCUT2D eigenvalue weighted by molar-refractivity contribution is -0.117. The van der Waals surface area contributed by atoms with Crippen LogP contribution < -0.4 is 21.3 Å². The molecule has 3 aromatic rings. The maximum absolute atomic E-state index is 12.5. The third kappa shape index (κ3) is 5.65. The zero-order valence-corrected chi connectivity index (χ0v) is 21.0. The van der Waals surface area contributed by atoms with Crippen molar-refractivity contribution >= 4 is 35.7 Å². The number of nitrogens with two attached hydrogens (primary N) is 1. The average Bonchev–Trinajstić information content (AvgIpc) is 2.87. The quantitative estimate of drug-likeness (QED) is 0.465. The van der Waals surface area contributed by atoms with Gasteiger partial charge in [-0.15, -0.1) is 12.4 Å². The molecule has 8 nitrogen and oxygen atoms in total. The minimum Gasteiger partial charge on any atom is -0.363 e. The van der Waals surface area contributed by atoms with E-state index in [9.17, 15) is 9.59 Å². The lowest BCUT2D eigenvalue weighted by Gasteiger charge is -2.39. The van der Waals surface area contributed by atoms with Crippen LogP contribution in [0.15, 0.2) is 60.8 Å². The Kier molecular flexibility index (Phi) is 8.64. The summed E-state index contributed by atoms with van der Waals surface area (Å²) in [6.45, 7) is 4.44. The van der Waals surface area contributed by atoms with Crippen LogP contribution in [0.2, 0.25) is 0 Å². The second-order valence-electron chi connectivity index (χ2n) is 8.61. The van der Waals surface area contributed by atoms with Gasteiger partial charge >= 0.3 is 0 Å². The number of anilines is 2. The van der Waals surface area contributed by atoms with Gasteiger partial charge in [0.25, 0.3) is 5.91 Å². The normalized spacial score (nSPS) is 16.2. The van der Waals surface area contributed by atoms with Crippen LogP contribution in [0.1, 0.15) is 47.8 Å². The van der Waals surface area contributed by atoms with E-state index in [4.69, 9.17) is 11.0 Å². The number of nitrogens with zero attached hydrogens (tertiary/aromatic N) is 3. The average molecular weight is 505 g/mol. The fraction of sp³-hybridized carbons (Fsp3) is 0.259. The van der Waals surface area contributed by atoms with Gasteiger partial charge in [0.2, 0.25) is 5.91 Å². The number of aromatic nitrogens is 1. The van der Waals surface area contributed by atoms with Crippen LogP contribution in [0, 0.1) is 11.3 Å². The molecule has 9 heteroatoms. The molecule has 0 saturated heterocycles. The van der Waals surface area contributed by atoms with Gasteiger partial charge in [0.05, 0.1) is 11.6 Å². The number of halogens is 1. The summed E-state index contributed by atoms with van der Waals surface area (Å²) in [6.07, 6.45) is 2.25. The molecule has 1 aliphatic rings. The number of carbonyl (C=O) groups is 2. The second kappa shape index (κ2) is 11.7. The summed E-state index contributed by atoms with van der Waals surface area (Å²) < 4.78 is 0. The highest BCUT2D eigenvalue weighted by Gasteiger charge is 2.32. The SMILES string of the molecule is CC(=O)N1c2ccc(-c3ccc(C(=O)NCCN)cc3)cc2[C@H](Nc2ccc(C#N)cn2)C[C@@H]1C.Cl. The third-order valence-electron chi connectivity index (χ3n) is 6.14. The number of nitriles is 1. The third-order valence-corrected chi connectivity index (χ3v) is 6.14. The van der Waals surface area contributed by atoms with Gasteiger partial charge < -0.3 is 21.3 Å². The summed E-state index contributed by atoms with van der Waals surface area (Å²) in [7, 11) is 0. The summed E-state index contributed by atoms with van der Waals surface area (Å²) in [6, 6.07) is 19.0. The van der Waals surface area contributed by atoms with Crippen molar-refractivity contribution in [3.05, 3.63) is 77.5 Å². The minimum atomic E-state index is -0.155. The van der Waals surface area contributed by atoms with E-state index >= 15 is 0 Å². The molecule has 4 rings (SSSR count). The molecule has 2 heterocycles. The number of rotatable bonds is 6. The Morgan fingerprint density at radius 1 is 1.14 bits per heavy atom. The van der Waals surface area contributed by atoms with Crippen LogP contribution in [0.5, 0.6) is 0 Å². The maximum Gasteiger partial charge on any atom is 0.251 e. The first kappa shape index (κ1) is 26.7. The first-order valence-corrected chi connectivity index (χ1v) is 11.6. The Morgan fingerprint density at radius 2 is 1.86 bits per heavy atom. The van der Waals surface area contributed by atoms with Crippen LogP contribution in [-0.2, 0) is 4.79 Å². The summed E-state index contributed by atoms with van der Waals surface area (Å²) in [5.74, 6) is 0.508. The largest absolute Gasteiger partial charge is 0.363 e. The molecular weight excluding hydrogens is 476 g/mol. The lowest BCUT2D eigenvalue weighted by atomic mass is 9.89. The Labute approximate surface area is 216 Å². The van der Waals surface area contributed by atoms with Crippen molar-refractivity contribution in [2.75, 3.05) is 23.3 Å². The van der Waals surface area contributed by atoms with E-state index in [1.165, 1.54) is 0 Å². The number of pyridine rings is 1. The van der Waals surface area contributed by atoms with Crippen molar-refractivity contribution in [2.45, 2.75) is 32.4 Å². The van der Waals surface area contributed by atoms with Gasteiger partial charge in [-0.05, 0) is 66.4 Å². The molecule has 0 bridgehead atoms. The minimum absolute atomic E-state index is 0. The Hall–Kier alpha value is -3.93. The molecular formula is C27H29ClN6O2. The van der Waals surface area contributed by atoms with Crippen LogP contribution in [0.3, 0.4) is 0 Å². The van der Waals surface area contributed by atoms with Crippen LogP contribution >= 0.6 is 12.4 Å². The van der Waals surface area contributed by atoms with Crippen molar-refractivity contribution in [1.82, 2.24) is 10.3 Å². The number of hydrogen-bond donors (Lipinski definition) is 3. The van der Waals surface area contributed by atoms with E-state index in [1.54, 1.807) is 37.4 Å². The van der Waals surface area contributed by atoms with Gasteiger partial charge in [-0.25, -0.2) is 4.98 Å². The molecule has 2 amide bonds. The molecule has 0 radical (unpaired) electrons. The number of nitrogens with one attached hydrogen (secondary N) is 2. The Balaban J connectivity index is 0.00000361. The number of carbonyl (C=O) groups excluding carboxylic acids is 2. The number of amides is 2. The highest BCUT2D eigenvalue weighted by molar-refractivity contribution is 5.95. The van der Waals surface area contributed by atoms with Crippen LogP contribution in [-0.4, -0.2) is 35.9 Å². The molecule has 2 atom stereocenters. The maximum atomic E-state index is 12.5. The molecule has 0 aliphatic carbocycles. The predicted octanol–water partition coefficient (Wildman–Crippen LogP) is 4.03. The summed E-state index contributed by atoms with van der Waals surface area (Å²) in [5, 5.41) is 15.3. The molecule has 1 aliphatic heterocycles. The molecule has 0 saturated carbocycles. The number of benzene rings is 2. The van der Waals surface area contributed by atoms with E-state index in [0.717, 1.165) is 22.4 Å². The predicted molar refractivity (Wildman–Crippen MR) is 143 cm³/mol. The van der Waals surface area contributed by atoms with Crippen LogP contribution in [0.25, 0.3) is 11.1 Å². The van der Waals surface area contributed by atoms with Crippen LogP contribution in [0.4, 0.5) is 11.5 Å². The van der Waals surface area contributed by atoms with Gasteiger partial charge in [0.1, 0.15) is 11.9 Å². The first-order chi connectivity index (χ1) is 16.9. The molecule has 2 aromatic carbocycles. The van der Waals surface area contributed by atoms with Crippen molar-refractivity contribution in [1.29, 1.82) is 5.26 Å². The lowest BCUT2D eigenvalue weighted by Crippen LogP contribution is -2.43. The topological polar surface area (TPSA) is 124 Å². The van der Waals surface area contributed by atoms with Crippen molar-refractivity contribution in [3.8, 4) is 17.2 Å². The van der Waals surface area contributed by atoms with E-state index in [-0.39, 0.29) is 36.3 Å². The summed E-state index contributed by atoms with van der Waals surface area (Å²) >= 11 is 0. The molecule has 1 aromatic heterocycles. The first-order valence-electron chi connectivity index (χ1n) is 11.6. The van der Waals surface area contributed by atoms with Gasteiger partial charge in [-0.1, -0.05) is 18.2 Å². The van der Waals surface area contributed by atoms with E-state index < -0.39 is 0 Å². The zero-order valence-electron chi connectivity index (χ0n) is 20.2. The highest BCUT2D eigenvalue weighted by atomic mass is 35.5. The Bertz CT molecular complexity index is 1270. The van der Waals surface area contributed by atoms with Crippen molar-refractivity contribution in [2.24, 2.45) is 5.73 Å². The van der Waals surface area contributed by atoms with Crippen molar-refractivity contribution < 1.29 is 9.59 Å². The molecule has 0 unspecified atom stereocenters. The summed E-state index contributed by atoms with van der Waals surface area (Å²) in [4.78, 5) is 30.8. The van der Waals surface area contributed by atoms with Crippen molar-refractivity contribution in [3.63, 3.8) is 0 Å². The highest BCUT2D eigenvalue weighted by Crippen LogP contribution is 2.41. The molecule has 0 fully saturated rings. The van der Waals surface area contributed by atoms with E-state index in [0.29, 0.717) is 36.5 Å². The number of fused-ring (bicyclic) bond motifs is 1. The van der Waals surface area contributed by atoms with E-state index in [2.05, 4.69) is 27.8 Å². The molecule has 0 spiro atoms. The van der Waals surface area contributed by atoms with Gasteiger partial charge in [0.15, 0.2) is 0 Å². The summed E-state index contributed by atoms with van der Waals surface area (Å²) in [5.41, 5.74) is 10.3. The Morgan fingerprint density at radius 3 is 2.47 bits per heavy atom. The smallest absolute Gasteiger partial charge is 0.251 e. The van der Waals surface area contributed by atoms with Gasteiger partial charge in [0, 0.05) is 43.5 Å². The monoisotopic (exact) mass is 504 g/mol. The van der Waals surface area contributed by atoms with Gasteiger partial charge in [-0.3, -0.25) is 9.59 Å². The fourth-order valence-electron chi connectivity index (χ4n) is 4.49. The standard InChI is InChI=1S/C27H28N6O2.ClH/c1-17-13-24(32-26-10-3-19(15-29)16-31-26)23-14-22(8-9-25(23)33(17)18(2)34)20-4-6-21(7-5-20)27(35)30-12-11-28;/h3-10,14,16-17,24H,11-13,28H2,1-2H3,(H,30,35)(H,31,32);1H/t17-,24+;/m0./s1. The van der Waals surface area contributed by atoms with E-state index in [1.807, 2.05) is 36.1 Å². The molecule has 186 valence electrons. The second-order valence-corrected chi connectivity index (χ2v) is 8.61. The fourth-order valence-corrected chi connectivity index (χ4v) is 4.49. The van der Waals surface area contributed by atoms with Gasteiger partial charge in [-0.2, -0.15) is 5.26 Å². The number of hydrogen-bond acceptors (Lipinski definition) is 6. The molecule has 36 heavy (non-hydrogen) atoms.